The maximum Gasteiger partial charge on any atom is 0.417 e. The van der Waals surface area contributed by atoms with Crippen molar-refractivity contribution in [2.24, 2.45) is 11.8 Å². The molecule has 1 aliphatic heterocycles. The number of ether oxygens (including phenoxy) is 2. The first-order valence-corrected chi connectivity index (χ1v) is 7.76. The molecule has 21 heavy (non-hydrogen) atoms. The zero-order valence-electron chi connectivity index (χ0n) is 14.3. The number of carbonyl (C=O) groups excluding carboxylic acids is 2. The molecule has 3 atom stereocenters. The molecule has 0 spiro atoms. The summed E-state index contributed by atoms with van der Waals surface area (Å²) in [7, 11) is 0. The number of amides is 2. The standard InChI is InChI=1S/C16H29NO4/c1-8-11(4)12-9-20-13(10(2)3)14(18)17(12)15(19)21-16(5,6)7/h10-13H,8-9H2,1-7H3. The van der Waals surface area contributed by atoms with Crippen LogP contribution >= 0.6 is 0 Å². The fourth-order valence-corrected chi connectivity index (χ4v) is 2.35. The number of nitrogens with zero attached hydrogens (tertiary/aromatic N) is 1. The third-order valence-electron chi connectivity index (χ3n) is 3.76. The number of morpholine rings is 1. The molecular weight excluding hydrogens is 270 g/mol. The molecule has 1 rings (SSSR count). The Balaban J connectivity index is 3.02. The minimum Gasteiger partial charge on any atom is -0.443 e. The highest BCUT2D eigenvalue weighted by Crippen LogP contribution is 2.26. The van der Waals surface area contributed by atoms with Crippen LogP contribution in [0.2, 0.25) is 0 Å². The molecule has 1 fully saturated rings. The minimum absolute atomic E-state index is 0.0281. The molecule has 0 bridgehead atoms. The van der Waals surface area contributed by atoms with Crippen LogP contribution in [-0.4, -0.2) is 41.3 Å². The summed E-state index contributed by atoms with van der Waals surface area (Å²) in [5, 5.41) is 0. The van der Waals surface area contributed by atoms with Crippen LogP contribution in [0.5, 0.6) is 0 Å². The van der Waals surface area contributed by atoms with Crippen LogP contribution in [0.4, 0.5) is 4.79 Å². The molecule has 0 radical (unpaired) electrons. The molecule has 2 amide bonds. The molecule has 1 aliphatic rings. The van der Waals surface area contributed by atoms with E-state index >= 15 is 0 Å². The Hall–Kier alpha value is -1.10. The molecule has 1 saturated heterocycles. The first kappa shape index (κ1) is 18.0. The zero-order chi connectivity index (χ0) is 16.4. The summed E-state index contributed by atoms with van der Waals surface area (Å²) in [6, 6.07) is -0.257. The van der Waals surface area contributed by atoms with Crippen molar-refractivity contribution in [1.29, 1.82) is 0 Å². The summed E-state index contributed by atoms with van der Waals surface area (Å²) in [6.07, 6.45) is -0.267. The topological polar surface area (TPSA) is 55.8 Å². The van der Waals surface area contributed by atoms with E-state index < -0.39 is 17.8 Å². The molecule has 0 aromatic carbocycles. The van der Waals surface area contributed by atoms with Gasteiger partial charge < -0.3 is 9.47 Å². The summed E-state index contributed by atoms with van der Waals surface area (Å²) in [5.74, 6) is -0.0781. The van der Waals surface area contributed by atoms with Crippen molar-refractivity contribution >= 4 is 12.0 Å². The van der Waals surface area contributed by atoms with E-state index in [-0.39, 0.29) is 23.8 Å². The molecule has 0 saturated carbocycles. The Labute approximate surface area is 128 Å². The lowest BCUT2D eigenvalue weighted by Crippen LogP contribution is -2.60. The van der Waals surface area contributed by atoms with Crippen molar-refractivity contribution in [3.63, 3.8) is 0 Å². The minimum atomic E-state index is -0.622. The van der Waals surface area contributed by atoms with E-state index in [0.717, 1.165) is 6.42 Å². The van der Waals surface area contributed by atoms with Gasteiger partial charge in [-0.2, -0.15) is 0 Å². The lowest BCUT2D eigenvalue weighted by molar-refractivity contribution is -0.164. The first-order valence-electron chi connectivity index (χ1n) is 7.76. The van der Waals surface area contributed by atoms with Gasteiger partial charge in [0.25, 0.3) is 5.91 Å². The van der Waals surface area contributed by atoms with Crippen LogP contribution in [0.25, 0.3) is 0 Å². The zero-order valence-corrected chi connectivity index (χ0v) is 14.3. The van der Waals surface area contributed by atoms with Crippen LogP contribution in [0.15, 0.2) is 0 Å². The maximum atomic E-state index is 12.6. The van der Waals surface area contributed by atoms with Gasteiger partial charge in [0, 0.05) is 0 Å². The van der Waals surface area contributed by atoms with Crippen LogP contribution in [0.1, 0.15) is 54.9 Å². The van der Waals surface area contributed by atoms with Gasteiger partial charge in [-0.15, -0.1) is 0 Å². The second kappa shape index (κ2) is 6.77. The van der Waals surface area contributed by atoms with E-state index in [1.807, 2.05) is 27.7 Å². The quantitative estimate of drug-likeness (QED) is 0.803. The molecule has 0 aromatic rings. The Bertz CT molecular complexity index is 386. The summed E-state index contributed by atoms with van der Waals surface area (Å²) < 4.78 is 11.1. The van der Waals surface area contributed by atoms with Crippen molar-refractivity contribution < 1.29 is 19.1 Å². The molecule has 0 aliphatic carbocycles. The van der Waals surface area contributed by atoms with Gasteiger partial charge in [0.05, 0.1) is 12.6 Å². The van der Waals surface area contributed by atoms with Crippen LogP contribution < -0.4 is 0 Å². The van der Waals surface area contributed by atoms with Crippen molar-refractivity contribution in [1.82, 2.24) is 4.90 Å². The lowest BCUT2D eigenvalue weighted by atomic mass is 9.94. The molecule has 122 valence electrons. The fraction of sp³-hybridized carbons (Fsp3) is 0.875. The number of hydrogen-bond acceptors (Lipinski definition) is 4. The lowest BCUT2D eigenvalue weighted by Gasteiger charge is -2.41. The van der Waals surface area contributed by atoms with Crippen molar-refractivity contribution in [3.8, 4) is 0 Å². The highest BCUT2D eigenvalue weighted by molar-refractivity contribution is 5.95. The van der Waals surface area contributed by atoms with Gasteiger partial charge in [0.2, 0.25) is 0 Å². The molecule has 3 unspecified atom stereocenters. The molecule has 0 aromatic heterocycles. The third-order valence-corrected chi connectivity index (χ3v) is 3.76. The molecule has 0 N–H and O–H groups in total. The molecular formula is C16H29NO4. The fourth-order valence-electron chi connectivity index (χ4n) is 2.35. The van der Waals surface area contributed by atoms with Crippen LogP contribution in [0, 0.1) is 11.8 Å². The largest absolute Gasteiger partial charge is 0.443 e. The predicted molar refractivity (Wildman–Crippen MR) is 80.9 cm³/mol. The third kappa shape index (κ3) is 4.43. The number of carbonyl (C=O) groups is 2. The van der Waals surface area contributed by atoms with E-state index in [4.69, 9.17) is 9.47 Å². The SMILES string of the molecule is CCC(C)C1COC(C(C)C)C(=O)N1C(=O)OC(C)(C)C. The van der Waals surface area contributed by atoms with Gasteiger partial charge in [-0.25, -0.2) is 9.69 Å². The summed E-state index contributed by atoms with van der Waals surface area (Å²) in [6.45, 7) is 13.7. The summed E-state index contributed by atoms with van der Waals surface area (Å²) in [4.78, 5) is 26.4. The second-order valence-electron chi connectivity index (χ2n) is 7.14. The van der Waals surface area contributed by atoms with Crippen molar-refractivity contribution in [2.75, 3.05) is 6.61 Å². The van der Waals surface area contributed by atoms with Gasteiger partial charge in [0.15, 0.2) is 0 Å². The monoisotopic (exact) mass is 299 g/mol. The highest BCUT2D eigenvalue weighted by Gasteiger charge is 2.44. The van der Waals surface area contributed by atoms with Gasteiger partial charge in [0.1, 0.15) is 11.7 Å². The Morgan fingerprint density at radius 3 is 2.38 bits per heavy atom. The second-order valence-corrected chi connectivity index (χ2v) is 7.14. The van der Waals surface area contributed by atoms with Gasteiger partial charge >= 0.3 is 6.09 Å². The average Bonchev–Trinajstić information content (AvgIpc) is 2.34. The van der Waals surface area contributed by atoms with Crippen LogP contribution in [0.3, 0.4) is 0 Å². The maximum absolute atomic E-state index is 12.6. The molecule has 5 heteroatoms. The first-order chi connectivity index (χ1) is 9.58. The number of imide groups is 1. The summed E-state index contributed by atoms with van der Waals surface area (Å²) in [5.41, 5.74) is -0.622. The molecule has 1 heterocycles. The van der Waals surface area contributed by atoms with Crippen LogP contribution in [-0.2, 0) is 14.3 Å². The number of hydrogen-bond donors (Lipinski definition) is 0. The predicted octanol–water partition coefficient (Wildman–Crippen LogP) is 3.22. The molecule has 5 nitrogen and oxygen atoms in total. The highest BCUT2D eigenvalue weighted by atomic mass is 16.6. The van der Waals surface area contributed by atoms with E-state index in [9.17, 15) is 9.59 Å². The Morgan fingerprint density at radius 2 is 1.95 bits per heavy atom. The van der Waals surface area contributed by atoms with Crippen molar-refractivity contribution in [2.45, 2.75) is 72.6 Å². The Kier molecular flexibility index (Phi) is 5.79. The van der Waals surface area contributed by atoms with E-state index in [2.05, 4.69) is 0 Å². The van der Waals surface area contributed by atoms with Gasteiger partial charge in [-0.05, 0) is 32.6 Å². The van der Waals surface area contributed by atoms with E-state index in [0.29, 0.717) is 6.61 Å². The average molecular weight is 299 g/mol. The van der Waals surface area contributed by atoms with E-state index in [1.54, 1.807) is 20.8 Å². The summed E-state index contributed by atoms with van der Waals surface area (Å²) >= 11 is 0. The smallest absolute Gasteiger partial charge is 0.417 e. The van der Waals surface area contributed by atoms with E-state index in [1.165, 1.54) is 4.90 Å². The van der Waals surface area contributed by atoms with Gasteiger partial charge in [-0.1, -0.05) is 34.1 Å². The van der Waals surface area contributed by atoms with Gasteiger partial charge in [-0.3, -0.25) is 4.79 Å². The number of rotatable bonds is 3. The normalized spacial score (nSPS) is 25.1. The Morgan fingerprint density at radius 1 is 1.38 bits per heavy atom. The van der Waals surface area contributed by atoms with Crippen molar-refractivity contribution in [3.05, 3.63) is 0 Å².